The fraction of sp³-hybridized carbons (Fsp3) is 0.571. The van der Waals surface area contributed by atoms with Crippen LogP contribution in [0, 0.1) is 5.92 Å². The Morgan fingerprint density at radius 2 is 2.22 bits per heavy atom. The number of anilines is 1. The Morgan fingerprint density at radius 3 is 2.89 bits per heavy atom. The Balaban J connectivity index is 2.00. The van der Waals surface area contributed by atoms with Crippen LogP contribution in [0.1, 0.15) is 36.2 Å². The van der Waals surface area contributed by atoms with Crippen LogP contribution in [0.5, 0.6) is 0 Å². The lowest BCUT2D eigenvalue weighted by atomic mass is 10.1. The van der Waals surface area contributed by atoms with Crippen LogP contribution in [-0.4, -0.2) is 36.4 Å². The van der Waals surface area contributed by atoms with Crippen molar-refractivity contribution in [2.45, 2.75) is 25.7 Å². The number of carbonyl (C=O) groups is 1. The number of carbonyl (C=O) groups excluding carboxylic acids is 1. The predicted octanol–water partition coefficient (Wildman–Crippen LogP) is 2.39. The van der Waals surface area contributed by atoms with Crippen LogP contribution < -0.4 is 5.32 Å². The number of rotatable bonds is 4. The first-order valence-electron chi connectivity index (χ1n) is 6.60. The highest BCUT2D eigenvalue weighted by Gasteiger charge is 2.20. The normalized spacial score (nSPS) is 15.7. The van der Waals surface area contributed by atoms with E-state index in [0.29, 0.717) is 11.6 Å². The average molecular weight is 247 g/mol. The summed E-state index contributed by atoms with van der Waals surface area (Å²) in [6.45, 7) is 0.851. The monoisotopic (exact) mass is 247 g/mol. The topological polar surface area (TPSA) is 45.2 Å². The van der Waals surface area contributed by atoms with Gasteiger partial charge in [0, 0.05) is 32.5 Å². The van der Waals surface area contributed by atoms with Crippen molar-refractivity contribution in [3.63, 3.8) is 0 Å². The molecule has 1 aromatic heterocycles. The van der Waals surface area contributed by atoms with Crippen LogP contribution >= 0.6 is 0 Å². The van der Waals surface area contributed by atoms with Crippen LogP contribution in [0.4, 0.5) is 5.69 Å². The molecule has 4 heteroatoms. The number of nitrogens with one attached hydrogen (secondary N) is 1. The van der Waals surface area contributed by atoms with Crippen molar-refractivity contribution in [3.05, 3.63) is 24.0 Å². The molecular weight excluding hydrogens is 226 g/mol. The maximum atomic E-state index is 12.2. The smallest absolute Gasteiger partial charge is 0.272 e. The molecule has 0 atom stereocenters. The lowest BCUT2D eigenvalue weighted by Gasteiger charge is -2.20. The van der Waals surface area contributed by atoms with E-state index in [1.54, 1.807) is 17.2 Å². The molecule has 0 aliphatic heterocycles. The van der Waals surface area contributed by atoms with Gasteiger partial charge >= 0.3 is 0 Å². The van der Waals surface area contributed by atoms with Crippen molar-refractivity contribution in [2.24, 2.45) is 5.92 Å². The summed E-state index contributed by atoms with van der Waals surface area (Å²) in [5, 5.41) is 3.02. The molecular formula is C14H21N3O. The van der Waals surface area contributed by atoms with Crippen molar-refractivity contribution in [2.75, 3.05) is 26.0 Å². The van der Waals surface area contributed by atoms with E-state index in [1.807, 2.05) is 20.2 Å². The van der Waals surface area contributed by atoms with Gasteiger partial charge in [-0.2, -0.15) is 0 Å². The van der Waals surface area contributed by atoms with E-state index in [-0.39, 0.29) is 5.91 Å². The minimum absolute atomic E-state index is 0.0130. The van der Waals surface area contributed by atoms with E-state index in [4.69, 9.17) is 0 Å². The van der Waals surface area contributed by atoms with E-state index >= 15 is 0 Å². The van der Waals surface area contributed by atoms with Crippen molar-refractivity contribution >= 4 is 11.6 Å². The molecule has 1 saturated carbocycles. The molecule has 0 saturated heterocycles. The number of hydrogen-bond donors (Lipinski definition) is 1. The molecule has 4 nitrogen and oxygen atoms in total. The van der Waals surface area contributed by atoms with E-state index in [1.165, 1.54) is 25.7 Å². The quantitative estimate of drug-likeness (QED) is 0.888. The van der Waals surface area contributed by atoms with Crippen molar-refractivity contribution < 1.29 is 4.79 Å². The highest BCUT2D eigenvalue weighted by molar-refractivity contribution is 5.92. The molecule has 98 valence electrons. The molecule has 1 aromatic rings. The third kappa shape index (κ3) is 3.00. The molecule has 1 heterocycles. The van der Waals surface area contributed by atoms with Gasteiger partial charge in [-0.25, -0.2) is 0 Å². The zero-order valence-corrected chi connectivity index (χ0v) is 11.1. The largest absolute Gasteiger partial charge is 0.388 e. The summed E-state index contributed by atoms with van der Waals surface area (Å²) >= 11 is 0. The van der Waals surface area contributed by atoms with Crippen molar-refractivity contribution in [1.82, 2.24) is 9.88 Å². The van der Waals surface area contributed by atoms with Crippen molar-refractivity contribution in [1.29, 1.82) is 0 Å². The van der Waals surface area contributed by atoms with E-state index < -0.39 is 0 Å². The maximum Gasteiger partial charge on any atom is 0.272 e. The molecule has 18 heavy (non-hydrogen) atoms. The molecule has 1 amide bonds. The Kier molecular flexibility index (Phi) is 4.18. The van der Waals surface area contributed by atoms with E-state index in [9.17, 15) is 4.79 Å². The van der Waals surface area contributed by atoms with Crippen LogP contribution in [-0.2, 0) is 0 Å². The molecule has 1 aliphatic carbocycles. The molecule has 0 bridgehead atoms. The highest BCUT2D eigenvalue weighted by atomic mass is 16.2. The van der Waals surface area contributed by atoms with Crippen LogP contribution in [0.25, 0.3) is 0 Å². The third-order valence-electron chi connectivity index (χ3n) is 3.62. The minimum Gasteiger partial charge on any atom is -0.388 e. The van der Waals surface area contributed by atoms with Crippen LogP contribution in [0.15, 0.2) is 18.3 Å². The molecule has 2 rings (SSSR count). The van der Waals surface area contributed by atoms with Gasteiger partial charge in [0.1, 0.15) is 5.69 Å². The van der Waals surface area contributed by atoms with Crippen LogP contribution in [0.3, 0.4) is 0 Å². The fourth-order valence-electron chi connectivity index (χ4n) is 2.56. The molecule has 0 radical (unpaired) electrons. The molecule has 0 unspecified atom stereocenters. The summed E-state index contributed by atoms with van der Waals surface area (Å²) in [5.41, 5.74) is 1.44. The lowest BCUT2D eigenvalue weighted by Crippen LogP contribution is -2.31. The van der Waals surface area contributed by atoms with Gasteiger partial charge in [-0.3, -0.25) is 9.78 Å². The molecule has 1 fully saturated rings. The van der Waals surface area contributed by atoms with Gasteiger partial charge in [0.05, 0.1) is 0 Å². The summed E-state index contributed by atoms with van der Waals surface area (Å²) in [6.07, 6.45) is 6.78. The zero-order chi connectivity index (χ0) is 13.0. The number of nitrogens with zero attached hydrogens (tertiary/aromatic N) is 2. The van der Waals surface area contributed by atoms with Gasteiger partial charge in [0.15, 0.2) is 0 Å². The second-order valence-electron chi connectivity index (χ2n) is 5.02. The Morgan fingerprint density at radius 1 is 1.50 bits per heavy atom. The Hall–Kier alpha value is -1.58. The highest BCUT2D eigenvalue weighted by Crippen LogP contribution is 2.25. The summed E-state index contributed by atoms with van der Waals surface area (Å²) in [6, 6.07) is 3.65. The standard InChI is InChI=1S/C14H21N3O/c1-15-12-7-8-16-13(9-12)14(18)17(2)10-11-5-3-4-6-11/h7-9,11H,3-6,10H2,1-2H3,(H,15,16). The SMILES string of the molecule is CNc1ccnc(C(=O)N(C)CC2CCCC2)c1. The maximum absolute atomic E-state index is 12.2. The predicted molar refractivity (Wildman–Crippen MR) is 72.7 cm³/mol. The summed E-state index contributed by atoms with van der Waals surface area (Å²) in [4.78, 5) is 18.2. The number of pyridine rings is 1. The first-order chi connectivity index (χ1) is 8.70. The van der Waals surface area contributed by atoms with Gasteiger partial charge in [-0.05, 0) is 30.9 Å². The van der Waals surface area contributed by atoms with Crippen LogP contribution in [0.2, 0.25) is 0 Å². The van der Waals surface area contributed by atoms with E-state index in [2.05, 4.69) is 10.3 Å². The van der Waals surface area contributed by atoms with Gasteiger partial charge < -0.3 is 10.2 Å². The summed E-state index contributed by atoms with van der Waals surface area (Å²) < 4.78 is 0. The Labute approximate surface area is 108 Å². The number of aromatic nitrogens is 1. The third-order valence-corrected chi connectivity index (χ3v) is 3.62. The lowest BCUT2D eigenvalue weighted by molar-refractivity contribution is 0.0767. The van der Waals surface area contributed by atoms with Gasteiger partial charge in [0.2, 0.25) is 0 Å². The second-order valence-corrected chi connectivity index (χ2v) is 5.02. The molecule has 1 aliphatic rings. The zero-order valence-electron chi connectivity index (χ0n) is 11.1. The fourth-order valence-corrected chi connectivity index (χ4v) is 2.56. The minimum atomic E-state index is 0.0130. The Bertz CT molecular complexity index is 413. The van der Waals surface area contributed by atoms with Crippen molar-refractivity contribution in [3.8, 4) is 0 Å². The first-order valence-corrected chi connectivity index (χ1v) is 6.60. The summed E-state index contributed by atoms with van der Waals surface area (Å²) in [7, 11) is 3.71. The van der Waals surface area contributed by atoms with Gasteiger partial charge in [-0.15, -0.1) is 0 Å². The summed E-state index contributed by atoms with van der Waals surface area (Å²) in [5.74, 6) is 0.686. The number of hydrogen-bond acceptors (Lipinski definition) is 3. The molecule has 0 aromatic carbocycles. The second kappa shape index (κ2) is 5.85. The molecule has 0 spiro atoms. The average Bonchev–Trinajstić information content (AvgIpc) is 2.90. The first kappa shape index (κ1) is 12.9. The van der Waals surface area contributed by atoms with Gasteiger partial charge in [0.25, 0.3) is 5.91 Å². The number of amides is 1. The van der Waals surface area contributed by atoms with E-state index in [0.717, 1.165) is 12.2 Å². The van der Waals surface area contributed by atoms with Gasteiger partial charge in [-0.1, -0.05) is 12.8 Å². The molecule has 1 N–H and O–H groups in total.